The Kier molecular flexibility index (Phi) is 4.28. The monoisotopic (exact) mass is 407 g/mol. The second-order valence-corrected chi connectivity index (χ2v) is 10.7. The summed E-state index contributed by atoms with van der Waals surface area (Å²) in [5, 5.41) is 0.860. The highest BCUT2D eigenvalue weighted by molar-refractivity contribution is 8.14. The number of halogens is 2. The zero-order valence-corrected chi connectivity index (χ0v) is 15.2. The zero-order chi connectivity index (χ0) is 17.7. The number of nitrogens with zero attached hydrogens (tertiary/aromatic N) is 1. The molecule has 0 spiro atoms. The van der Waals surface area contributed by atoms with Crippen molar-refractivity contribution in [2.24, 2.45) is 0 Å². The quantitative estimate of drug-likeness (QED) is 0.710. The average Bonchev–Trinajstić information content (AvgIpc) is 2.73. The molecule has 3 rings (SSSR count). The van der Waals surface area contributed by atoms with Crippen molar-refractivity contribution in [3.05, 3.63) is 35.9 Å². The lowest BCUT2D eigenvalue weighted by molar-refractivity contribution is 0.0993. The standard InChI is InChI=1S/C14H11Cl2NO5S2/c15-23(19,20)8-2-7-17-11-5-6-12(24(16,21)22)9-3-1-4-10(13(9)11)14(17)18/h1,3-6H,2,7-8H2. The third kappa shape index (κ3) is 3.11. The molecule has 128 valence electrons. The second-order valence-electron chi connectivity index (χ2n) is 5.30. The number of carbonyl (C=O) groups excluding carboxylic acids is 1. The summed E-state index contributed by atoms with van der Waals surface area (Å²) in [7, 11) is 3.04. The first-order chi connectivity index (χ1) is 11.1. The molecule has 2 aromatic rings. The van der Waals surface area contributed by atoms with Gasteiger partial charge in [0.25, 0.3) is 15.0 Å². The summed E-state index contributed by atoms with van der Waals surface area (Å²) < 4.78 is 45.5. The molecule has 1 heterocycles. The molecule has 0 bridgehead atoms. The van der Waals surface area contributed by atoms with E-state index < -0.39 is 18.1 Å². The Hall–Kier alpha value is -1.35. The summed E-state index contributed by atoms with van der Waals surface area (Å²) in [6, 6.07) is 7.60. The Morgan fingerprint density at radius 3 is 2.33 bits per heavy atom. The summed E-state index contributed by atoms with van der Waals surface area (Å²) in [6.45, 7) is 0.154. The molecular formula is C14H11Cl2NO5S2. The Balaban J connectivity index is 2.08. The molecule has 2 aromatic carbocycles. The fourth-order valence-electron chi connectivity index (χ4n) is 2.85. The average molecular weight is 408 g/mol. The SMILES string of the molecule is O=C1c2cccc3c(S(=O)(=O)Cl)ccc(c23)N1CCCS(=O)(=O)Cl. The topological polar surface area (TPSA) is 88.6 Å². The van der Waals surface area contributed by atoms with E-state index in [4.69, 9.17) is 21.4 Å². The molecular weight excluding hydrogens is 397 g/mol. The van der Waals surface area contributed by atoms with Crippen molar-refractivity contribution in [1.29, 1.82) is 0 Å². The van der Waals surface area contributed by atoms with Gasteiger partial charge in [0.05, 0.1) is 16.3 Å². The largest absolute Gasteiger partial charge is 0.308 e. The Bertz CT molecular complexity index is 1060. The van der Waals surface area contributed by atoms with Crippen molar-refractivity contribution in [3.8, 4) is 0 Å². The van der Waals surface area contributed by atoms with E-state index in [0.717, 1.165) is 0 Å². The fourth-order valence-corrected chi connectivity index (χ4v) is 4.72. The predicted octanol–water partition coefficient (Wildman–Crippen LogP) is 2.69. The molecule has 10 heteroatoms. The first-order valence-electron chi connectivity index (χ1n) is 6.84. The molecule has 0 radical (unpaired) electrons. The minimum atomic E-state index is -3.96. The molecule has 0 saturated carbocycles. The third-order valence-electron chi connectivity index (χ3n) is 3.78. The number of rotatable bonds is 5. The van der Waals surface area contributed by atoms with Crippen LogP contribution in [0.5, 0.6) is 0 Å². The van der Waals surface area contributed by atoms with E-state index in [1.54, 1.807) is 18.2 Å². The van der Waals surface area contributed by atoms with Crippen LogP contribution in [-0.2, 0) is 18.1 Å². The van der Waals surface area contributed by atoms with Gasteiger partial charge in [-0.3, -0.25) is 4.79 Å². The molecule has 0 atom stereocenters. The maximum Gasteiger partial charge on any atom is 0.261 e. The van der Waals surface area contributed by atoms with Gasteiger partial charge in [-0.05, 0) is 24.6 Å². The second kappa shape index (κ2) is 5.87. The van der Waals surface area contributed by atoms with Crippen LogP contribution < -0.4 is 4.90 Å². The Morgan fingerprint density at radius 2 is 1.71 bits per heavy atom. The van der Waals surface area contributed by atoms with E-state index in [-0.39, 0.29) is 29.5 Å². The summed E-state index contributed by atoms with van der Waals surface area (Å²) >= 11 is 0. The molecule has 1 aliphatic heterocycles. The number of carbonyl (C=O) groups is 1. The molecule has 6 nitrogen and oxygen atoms in total. The molecule has 0 fully saturated rings. The first-order valence-corrected chi connectivity index (χ1v) is 11.6. The summed E-state index contributed by atoms with van der Waals surface area (Å²) in [5.41, 5.74) is 0.889. The molecule has 1 amide bonds. The van der Waals surface area contributed by atoms with Crippen molar-refractivity contribution >= 4 is 61.8 Å². The molecule has 0 unspecified atom stereocenters. The van der Waals surface area contributed by atoms with Crippen LogP contribution in [0.15, 0.2) is 35.2 Å². The van der Waals surface area contributed by atoms with E-state index in [9.17, 15) is 21.6 Å². The highest BCUT2D eigenvalue weighted by atomic mass is 35.7. The maximum absolute atomic E-state index is 12.6. The van der Waals surface area contributed by atoms with Crippen LogP contribution in [-0.4, -0.2) is 35.0 Å². The molecule has 0 aromatic heterocycles. The van der Waals surface area contributed by atoms with Gasteiger partial charge in [-0.15, -0.1) is 0 Å². The zero-order valence-electron chi connectivity index (χ0n) is 12.1. The molecule has 24 heavy (non-hydrogen) atoms. The number of benzene rings is 2. The van der Waals surface area contributed by atoms with Gasteiger partial charge in [0.2, 0.25) is 9.05 Å². The van der Waals surface area contributed by atoms with Crippen LogP contribution >= 0.6 is 21.4 Å². The number of amides is 1. The maximum atomic E-state index is 12.6. The summed E-state index contributed by atoms with van der Waals surface area (Å²) in [4.78, 5) is 13.9. The van der Waals surface area contributed by atoms with Gasteiger partial charge >= 0.3 is 0 Å². The lowest BCUT2D eigenvalue weighted by Crippen LogP contribution is -2.28. The van der Waals surface area contributed by atoms with E-state index in [0.29, 0.717) is 22.0 Å². The van der Waals surface area contributed by atoms with E-state index in [1.807, 2.05) is 0 Å². The Labute approximate surface area is 147 Å². The van der Waals surface area contributed by atoms with Crippen LogP contribution in [0.3, 0.4) is 0 Å². The van der Waals surface area contributed by atoms with Crippen molar-refractivity contribution in [1.82, 2.24) is 0 Å². The van der Waals surface area contributed by atoms with E-state index in [1.165, 1.54) is 17.0 Å². The third-order valence-corrected chi connectivity index (χ3v) is 6.40. The van der Waals surface area contributed by atoms with Crippen LogP contribution in [0.1, 0.15) is 16.8 Å². The number of anilines is 1. The molecule has 0 aliphatic carbocycles. The molecule has 0 saturated heterocycles. The lowest BCUT2D eigenvalue weighted by Gasteiger charge is -2.17. The molecule has 1 aliphatic rings. The smallest absolute Gasteiger partial charge is 0.261 e. The predicted molar refractivity (Wildman–Crippen MR) is 92.9 cm³/mol. The Morgan fingerprint density at radius 1 is 1.00 bits per heavy atom. The van der Waals surface area contributed by atoms with Crippen LogP contribution in [0, 0.1) is 0 Å². The van der Waals surface area contributed by atoms with Gasteiger partial charge < -0.3 is 4.90 Å². The molecule has 0 N–H and O–H groups in total. The van der Waals surface area contributed by atoms with Crippen LogP contribution in [0.4, 0.5) is 5.69 Å². The van der Waals surface area contributed by atoms with Gasteiger partial charge in [-0.1, -0.05) is 12.1 Å². The normalized spacial score (nSPS) is 14.6. The van der Waals surface area contributed by atoms with Gasteiger partial charge in [-0.2, -0.15) is 0 Å². The van der Waals surface area contributed by atoms with Crippen molar-refractivity contribution in [2.45, 2.75) is 11.3 Å². The summed E-state index contributed by atoms with van der Waals surface area (Å²) in [6.07, 6.45) is 0.169. The first kappa shape index (κ1) is 17.5. The van der Waals surface area contributed by atoms with Crippen LogP contribution in [0.25, 0.3) is 10.8 Å². The lowest BCUT2D eigenvalue weighted by atomic mass is 10.1. The van der Waals surface area contributed by atoms with Crippen molar-refractivity contribution < 1.29 is 21.6 Å². The van der Waals surface area contributed by atoms with Gasteiger partial charge in [0.1, 0.15) is 0 Å². The fraction of sp³-hybridized carbons (Fsp3) is 0.214. The van der Waals surface area contributed by atoms with E-state index >= 15 is 0 Å². The minimum Gasteiger partial charge on any atom is -0.308 e. The van der Waals surface area contributed by atoms with Crippen molar-refractivity contribution in [2.75, 3.05) is 17.2 Å². The van der Waals surface area contributed by atoms with Crippen LogP contribution in [0.2, 0.25) is 0 Å². The van der Waals surface area contributed by atoms with Crippen molar-refractivity contribution in [3.63, 3.8) is 0 Å². The van der Waals surface area contributed by atoms with Gasteiger partial charge in [-0.25, -0.2) is 16.8 Å². The number of hydrogen-bond acceptors (Lipinski definition) is 5. The minimum absolute atomic E-state index is 0.0669. The highest BCUT2D eigenvalue weighted by Gasteiger charge is 2.31. The van der Waals surface area contributed by atoms with Gasteiger partial charge in [0, 0.05) is 44.2 Å². The van der Waals surface area contributed by atoms with E-state index in [2.05, 4.69) is 0 Å². The number of hydrogen-bond donors (Lipinski definition) is 0. The highest BCUT2D eigenvalue weighted by Crippen LogP contribution is 2.40. The van der Waals surface area contributed by atoms with Gasteiger partial charge in [0.15, 0.2) is 0 Å². The summed E-state index contributed by atoms with van der Waals surface area (Å²) in [5.74, 6) is -0.571.